The third-order valence-electron chi connectivity index (χ3n) is 7.30. The summed E-state index contributed by atoms with van der Waals surface area (Å²) >= 11 is 1.24. The molecule has 0 bridgehead atoms. The Morgan fingerprint density at radius 3 is 2.49 bits per heavy atom. The predicted molar refractivity (Wildman–Crippen MR) is 166 cm³/mol. The molecule has 0 fully saturated rings. The van der Waals surface area contributed by atoms with Gasteiger partial charge in [0.1, 0.15) is 11.6 Å². The molecule has 1 atom stereocenters. The number of hydrazone groups is 1. The summed E-state index contributed by atoms with van der Waals surface area (Å²) in [7, 11) is 1.60. The second-order valence-electron chi connectivity index (χ2n) is 10.2. The maximum atomic E-state index is 13.8. The normalized spacial score (nSPS) is 14.3. The lowest BCUT2D eigenvalue weighted by Crippen LogP contribution is -2.28. The zero-order chi connectivity index (χ0) is 31.2. The summed E-state index contributed by atoms with van der Waals surface area (Å²) in [4.78, 5) is 26.2. The Bertz CT molecular complexity index is 1790. The fraction of sp³-hybridized carbons (Fsp3) is 0.182. The van der Waals surface area contributed by atoms with Crippen LogP contribution in [0.3, 0.4) is 0 Å². The van der Waals surface area contributed by atoms with Crippen molar-refractivity contribution in [3.8, 4) is 5.75 Å². The minimum atomic E-state index is -0.398. The molecule has 228 valence electrons. The molecule has 1 N–H and O–H groups in total. The molecule has 0 saturated carbocycles. The Balaban J connectivity index is 1.22. The van der Waals surface area contributed by atoms with Crippen molar-refractivity contribution in [1.29, 1.82) is 0 Å². The number of hydrogen-bond acceptors (Lipinski definition) is 8. The number of hydrogen-bond donors (Lipinski definition) is 1. The fourth-order valence-corrected chi connectivity index (χ4v) is 5.78. The van der Waals surface area contributed by atoms with E-state index in [1.807, 2.05) is 59.2 Å². The van der Waals surface area contributed by atoms with E-state index < -0.39 is 6.04 Å². The second-order valence-corrected chi connectivity index (χ2v) is 11.1. The van der Waals surface area contributed by atoms with Crippen LogP contribution in [0.2, 0.25) is 0 Å². The van der Waals surface area contributed by atoms with Crippen molar-refractivity contribution < 1.29 is 23.1 Å². The van der Waals surface area contributed by atoms with Gasteiger partial charge in [-0.1, -0.05) is 54.2 Å². The number of benzene rings is 3. The average Bonchev–Trinajstić information content (AvgIpc) is 3.85. The van der Waals surface area contributed by atoms with Crippen LogP contribution in [-0.4, -0.2) is 50.2 Å². The van der Waals surface area contributed by atoms with Crippen LogP contribution in [0.1, 0.15) is 45.5 Å². The number of methoxy groups -OCH3 is 1. The number of rotatable bonds is 11. The molecule has 6 rings (SSSR count). The molecule has 1 aliphatic rings. The number of amides is 2. The maximum Gasteiger partial charge on any atom is 0.287 e. The van der Waals surface area contributed by atoms with Gasteiger partial charge in [0.25, 0.3) is 11.8 Å². The Hall–Kier alpha value is -5.23. The number of halogens is 1. The van der Waals surface area contributed by atoms with Crippen LogP contribution >= 0.6 is 11.8 Å². The Labute approximate surface area is 262 Å². The maximum absolute atomic E-state index is 13.8. The standard InChI is InChI=1S/C33H29FN6O4S/c1-43-26-15-11-23(12-16-26)27-18-28(24-9-13-25(34)14-10-24)40(38-27)31(41)21-45-33-37-36-30(19-35-32(42)29-8-5-17-44-29)39(33)20-22-6-3-2-4-7-22/h2-17,28H,18-21H2,1H3,(H,35,42). The minimum Gasteiger partial charge on any atom is -0.497 e. The fourth-order valence-electron chi connectivity index (χ4n) is 4.97. The lowest BCUT2D eigenvalue weighted by atomic mass is 9.98. The van der Waals surface area contributed by atoms with Crippen molar-refractivity contribution in [2.75, 3.05) is 12.9 Å². The molecule has 3 aromatic carbocycles. The van der Waals surface area contributed by atoms with E-state index in [0.29, 0.717) is 23.9 Å². The van der Waals surface area contributed by atoms with Gasteiger partial charge in [-0.05, 0) is 65.2 Å². The van der Waals surface area contributed by atoms with Crippen molar-refractivity contribution in [3.63, 3.8) is 0 Å². The van der Waals surface area contributed by atoms with Crippen LogP contribution in [-0.2, 0) is 17.9 Å². The average molecular weight is 625 g/mol. The minimum absolute atomic E-state index is 0.0305. The number of ether oxygens (including phenoxy) is 1. The van der Waals surface area contributed by atoms with Crippen molar-refractivity contribution in [2.24, 2.45) is 5.10 Å². The SMILES string of the molecule is COc1ccc(C2=NN(C(=O)CSc3nnc(CNC(=O)c4ccco4)n3Cc3ccccc3)C(c3ccc(F)cc3)C2)cc1. The molecule has 2 amide bonds. The summed E-state index contributed by atoms with van der Waals surface area (Å²) in [6.07, 6.45) is 1.90. The van der Waals surface area contributed by atoms with Gasteiger partial charge in [-0.25, -0.2) is 9.40 Å². The highest BCUT2D eigenvalue weighted by molar-refractivity contribution is 7.99. The van der Waals surface area contributed by atoms with E-state index in [1.165, 1.54) is 35.2 Å². The number of thioether (sulfide) groups is 1. The van der Waals surface area contributed by atoms with Gasteiger partial charge in [0.05, 0.1) is 44.0 Å². The lowest BCUT2D eigenvalue weighted by Gasteiger charge is -2.22. The molecular formula is C33H29FN6O4S. The van der Waals surface area contributed by atoms with Gasteiger partial charge in [0, 0.05) is 6.42 Å². The first-order valence-corrected chi connectivity index (χ1v) is 15.2. The van der Waals surface area contributed by atoms with Gasteiger partial charge < -0.3 is 19.0 Å². The van der Waals surface area contributed by atoms with E-state index in [4.69, 9.17) is 14.3 Å². The second kappa shape index (κ2) is 13.6. The van der Waals surface area contributed by atoms with E-state index in [-0.39, 0.29) is 35.7 Å². The molecule has 3 heterocycles. The van der Waals surface area contributed by atoms with Gasteiger partial charge in [0.15, 0.2) is 16.7 Å². The molecule has 12 heteroatoms. The summed E-state index contributed by atoms with van der Waals surface area (Å²) in [5, 5.41) is 18.2. The van der Waals surface area contributed by atoms with Gasteiger partial charge in [-0.3, -0.25) is 9.59 Å². The Morgan fingerprint density at radius 2 is 1.78 bits per heavy atom. The molecular weight excluding hydrogens is 595 g/mol. The van der Waals surface area contributed by atoms with Gasteiger partial charge in [-0.15, -0.1) is 10.2 Å². The highest BCUT2D eigenvalue weighted by Gasteiger charge is 2.33. The molecule has 1 aliphatic heterocycles. The number of nitrogens with one attached hydrogen (secondary N) is 1. The highest BCUT2D eigenvalue weighted by Crippen LogP contribution is 2.34. The summed E-state index contributed by atoms with van der Waals surface area (Å²) in [6, 6.07) is 26.2. The van der Waals surface area contributed by atoms with Gasteiger partial charge in [-0.2, -0.15) is 5.10 Å². The van der Waals surface area contributed by atoms with Crippen LogP contribution in [0, 0.1) is 5.82 Å². The van der Waals surface area contributed by atoms with Crippen LogP contribution in [0.5, 0.6) is 5.75 Å². The molecule has 1 unspecified atom stereocenters. The van der Waals surface area contributed by atoms with Crippen molar-refractivity contribution >= 4 is 29.3 Å². The summed E-state index contributed by atoms with van der Waals surface area (Å²) < 4.78 is 26.1. The quantitative estimate of drug-likeness (QED) is 0.194. The van der Waals surface area contributed by atoms with E-state index in [2.05, 4.69) is 15.5 Å². The highest BCUT2D eigenvalue weighted by atomic mass is 32.2. The van der Waals surface area contributed by atoms with E-state index in [9.17, 15) is 14.0 Å². The largest absolute Gasteiger partial charge is 0.497 e. The molecule has 10 nitrogen and oxygen atoms in total. The lowest BCUT2D eigenvalue weighted by molar-refractivity contribution is -0.130. The first-order valence-electron chi connectivity index (χ1n) is 14.2. The third-order valence-corrected chi connectivity index (χ3v) is 8.25. The Kier molecular flexibility index (Phi) is 9.01. The van der Waals surface area contributed by atoms with Crippen LogP contribution in [0.25, 0.3) is 0 Å². The number of furan rings is 1. The smallest absolute Gasteiger partial charge is 0.287 e. The molecule has 45 heavy (non-hydrogen) atoms. The first-order chi connectivity index (χ1) is 22.0. The van der Waals surface area contributed by atoms with Crippen LogP contribution < -0.4 is 10.1 Å². The number of carbonyl (C=O) groups is 2. The molecule has 0 aliphatic carbocycles. The van der Waals surface area contributed by atoms with E-state index >= 15 is 0 Å². The van der Waals surface area contributed by atoms with Crippen molar-refractivity contribution in [3.05, 3.63) is 131 Å². The zero-order valence-corrected chi connectivity index (χ0v) is 25.1. The molecule has 5 aromatic rings. The van der Waals surface area contributed by atoms with Crippen molar-refractivity contribution in [1.82, 2.24) is 25.1 Å². The summed E-state index contributed by atoms with van der Waals surface area (Å²) in [6.45, 7) is 0.556. The van der Waals surface area contributed by atoms with E-state index in [1.54, 1.807) is 31.4 Å². The molecule has 0 saturated heterocycles. The number of carbonyl (C=O) groups excluding carboxylic acids is 2. The zero-order valence-electron chi connectivity index (χ0n) is 24.3. The first kappa shape index (κ1) is 29.8. The van der Waals surface area contributed by atoms with Gasteiger partial charge >= 0.3 is 0 Å². The van der Waals surface area contributed by atoms with Crippen molar-refractivity contribution in [2.45, 2.75) is 30.7 Å². The monoisotopic (exact) mass is 624 g/mol. The molecule has 0 radical (unpaired) electrons. The van der Waals surface area contributed by atoms with Crippen LogP contribution in [0.15, 0.2) is 112 Å². The summed E-state index contributed by atoms with van der Waals surface area (Å²) in [5.41, 5.74) is 3.40. The molecule has 0 spiro atoms. The van der Waals surface area contributed by atoms with Gasteiger partial charge in [0.2, 0.25) is 0 Å². The molecule has 2 aromatic heterocycles. The predicted octanol–water partition coefficient (Wildman–Crippen LogP) is 5.47. The summed E-state index contributed by atoms with van der Waals surface area (Å²) in [5.74, 6) is 0.513. The van der Waals surface area contributed by atoms with Crippen LogP contribution in [0.4, 0.5) is 4.39 Å². The third kappa shape index (κ3) is 6.96. The topological polar surface area (TPSA) is 115 Å². The number of nitrogens with zero attached hydrogens (tertiary/aromatic N) is 5. The Morgan fingerprint density at radius 1 is 1.00 bits per heavy atom. The number of aromatic nitrogens is 3. The van der Waals surface area contributed by atoms with E-state index in [0.717, 1.165) is 28.2 Å².